The van der Waals surface area contributed by atoms with Gasteiger partial charge in [-0.15, -0.1) is 0 Å². The van der Waals surface area contributed by atoms with Gasteiger partial charge in [0.05, 0.1) is 17.7 Å². The maximum atomic E-state index is 9.50. The summed E-state index contributed by atoms with van der Waals surface area (Å²) in [4.78, 5) is 0. The highest BCUT2D eigenvalue weighted by Crippen LogP contribution is 2.19. The third-order valence-electron chi connectivity index (χ3n) is 2.61. The van der Waals surface area contributed by atoms with Gasteiger partial charge < -0.3 is 15.4 Å². The molecule has 4 heteroatoms. The van der Waals surface area contributed by atoms with Crippen LogP contribution < -0.4 is 5.73 Å². The Morgan fingerprint density at radius 1 is 1.44 bits per heavy atom. The molecule has 16 heavy (non-hydrogen) atoms. The van der Waals surface area contributed by atoms with E-state index < -0.39 is 6.10 Å². The van der Waals surface area contributed by atoms with E-state index >= 15 is 0 Å². The highest BCUT2D eigenvalue weighted by molar-refractivity contribution is 5.85. The zero-order valence-corrected chi connectivity index (χ0v) is 8.80. The van der Waals surface area contributed by atoms with Crippen molar-refractivity contribution in [2.75, 3.05) is 6.54 Å². The molecule has 0 fully saturated rings. The van der Waals surface area contributed by atoms with Crippen LogP contribution in [-0.4, -0.2) is 22.3 Å². The number of nitrogens with two attached hydrogens (primary N) is 1. The van der Waals surface area contributed by atoms with Crippen LogP contribution in [0.5, 0.6) is 0 Å². The summed E-state index contributed by atoms with van der Waals surface area (Å²) in [5, 5.41) is 19.4. The van der Waals surface area contributed by atoms with Crippen molar-refractivity contribution in [3.63, 3.8) is 0 Å². The number of aliphatic hydroxyl groups is 1. The van der Waals surface area contributed by atoms with Gasteiger partial charge in [-0.3, -0.25) is 0 Å². The summed E-state index contributed by atoms with van der Waals surface area (Å²) in [6.45, 7) is 0.687. The predicted molar refractivity (Wildman–Crippen MR) is 61.7 cm³/mol. The number of fused-ring (bicyclic) bond motifs is 1. The van der Waals surface area contributed by atoms with E-state index in [0.29, 0.717) is 12.1 Å². The van der Waals surface area contributed by atoms with Crippen LogP contribution in [0.4, 0.5) is 0 Å². The van der Waals surface area contributed by atoms with Crippen LogP contribution in [-0.2, 0) is 6.54 Å². The standard InChI is InChI=1S/C12H13N3O/c13-6-9-2-1-3-12-11(9)4-5-15(12)8-10(16)7-14/h1-5,10,16H,7-8,14H2/t10-/m1/s1. The lowest BCUT2D eigenvalue weighted by molar-refractivity contribution is 0.164. The fraction of sp³-hybridized carbons (Fsp3) is 0.250. The van der Waals surface area contributed by atoms with Crippen molar-refractivity contribution in [1.29, 1.82) is 5.26 Å². The molecule has 4 nitrogen and oxygen atoms in total. The topological polar surface area (TPSA) is 75.0 Å². The van der Waals surface area contributed by atoms with Crippen LogP contribution in [0.3, 0.4) is 0 Å². The summed E-state index contributed by atoms with van der Waals surface area (Å²) in [5.74, 6) is 0. The third-order valence-corrected chi connectivity index (χ3v) is 2.61. The van der Waals surface area contributed by atoms with Gasteiger partial charge in [0.1, 0.15) is 0 Å². The Kier molecular flexibility index (Phi) is 2.91. The molecule has 0 radical (unpaired) electrons. The van der Waals surface area contributed by atoms with E-state index in [0.717, 1.165) is 10.9 Å². The van der Waals surface area contributed by atoms with Crippen LogP contribution in [0.25, 0.3) is 10.9 Å². The fourth-order valence-corrected chi connectivity index (χ4v) is 1.78. The normalized spacial score (nSPS) is 12.6. The molecule has 0 saturated carbocycles. The Bertz CT molecular complexity index is 539. The lowest BCUT2D eigenvalue weighted by Gasteiger charge is -2.10. The number of aromatic nitrogens is 1. The molecule has 82 valence electrons. The molecule has 0 spiro atoms. The second kappa shape index (κ2) is 4.35. The molecular weight excluding hydrogens is 202 g/mol. The molecule has 0 bridgehead atoms. The molecule has 0 unspecified atom stereocenters. The number of nitriles is 1. The van der Waals surface area contributed by atoms with Crippen molar-refractivity contribution >= 4 is 10.9 Å². The van der Waals surface area contributed by atoms with E-state index in [1.54, 1.807) is 6.07 Å². The van der Waals surface area contributed by atoms with Gasteiger partial charge in [0.25, 0.3) is 0 Å². The molecule has 0 amide bonds. The molecule has 3 N–H and O–H groups in total. The molecular formula is C12H13N3O. The van der Waals surface area contributed by atoms with E-state index in [-0.39, 0.29) is 6.54 Å². The van der Waals surface area contributed by atoms with Crippen molar-refractivity contribution in [2.45, 2.75) is 12.6 Å². The molecule has 1 atom stereocenters. The molecule has 1 aromatic carbocycles. The van der Waals surface area contributed by atoms with Crippen molar-refractivity contribution in [3.8, 4) is 6.07 Å². The second-order valence-corrected chi connectivity index (χ2v) is 3.71. The van der Waals surface area contributed by atoms with Crippen LogP contribution in [0.15, 0.2) is 30.5 Å². The van der Waals surface area contributed by atoms with E-state index in [4.69, 9.17) is 11.0 Å². The lowest BCUT2D eigenvalue weighted by atomic mass is 10.1. The Morgan fingerprint density at radius 2 is 2.25 bits per heavy atom. The van der Waals surface area contributed by atoms with Crippen molar-refractivity contribution in [3.05, 3.63) is 36.0 Å². The Labute approximate surface area is 93.5 Å². The smallest absolute Gasteiger partial charge is 0.0998 e. The quantitative estimate of drug-likeness (QED) is 0.796. The first-order chi connectivity index (χ1) is 7.76. The first-order valence-corrected chi connectivity index (χ1v) is 5.12. The highest BCUT2D eigenvalue weighted by atomic mass is 16.3. The van der Waals surface area contributed by atoms with Gasteiger partial charge in [-0.2, -0.15) is 5.26 Å². The maximum Gasteiger partial charge on any atom is 0.0998 e. The van der Waals surface area contributed by atoms with E-state index in [2.05, 4.69) is 6.07 Å². The average molecular weight is 215 g/mol. The summed E-state index contributed by atoms with van der Waals surface area (Å²) < 4.78 is 1.91. The molecule has 1 heterocycles. The molecule has 1 aromatic heterocycles. The Hall–Kier alpha value is -1.83. The van der Waals surface area contributed by atoms with Crippen LogP contribution in [0.2, 0.25) is 0 Å². The Balaban J connectivity index is 2.46. The highest BCUT2D eigenvalue weighted by Gasteiger charge is 2.07. The van der Waals surface area contributed by atoms with Crippen LogP contribution in [0, 0.1) is 11.3 Å². The average Bonchev–Trinajstić information content (AvgIpc) is 2.72. The zero-order valence-electron chi connectivity index (χ0n) is 8.80. The van der Waals surface area contributed by atoms with Gasteiger partial charge in [-0.05, 0) is 18.2 Å². The molecule has 2 aromatic rings. The first-order valence-electron chi connectivity index (χ1n) is 5.12. The van der Waals surface area contributed by atoms with Crippen molar-refractivity contribution in [2.24, 2.45) is 5.73 Å². The lowest BCUT2D eigenvalue weighted by Crippen LogP contribution is -2.24. The van der Waals surface area contributed by atoms with Gasteiger partial charge in [-0.25, -0.2) is 0 Å². The number of aliphatic hydroxyl groups excluding tert-OH is 1. The first kappa shape index (κ1) is 10.7. The molecule has 0 saturated heterocycles. The SMILES string of the molecule is N#Cc1cccc2c1ccn2C[C@H](O)CN. The van der Waals surface area contributed by atoms with Gasteiger partial charge in [0, 0.05) is 30.2 Å². The number of hydrogen-bond donors (Lipinski definition) is 2. The second-order valence-electron chi connectivity index (χ2n) is 3.71. The van der Waals surface area contributed by atoms with Crippen LogP contribution in [0.1, 0.15) is 5.56 Å². The Morgan fingerprint density at radius 3 is 2.94 bits per heavy atom. The summed E-state index contributed by atoms with van der Waals surface area (Å²) in [6, 6.07) is 9.59. The van der Waals surface area contributed by atoms with E-state index in [1.807, 2.05) is 29.0 Å². The van der Waals surface area contributed by atoms with E-state index in [9.17, 15) is 5.11 Å². The van der Waals surface area contributed by atoms with Gasteiger partial charge in [0.2, 0.25) is 0 Å². The monoisotopic (exact) mass is 215 g/mol. The number of rotatable bonds is 3. The summed E-state index contributed by atoms with van der Waals surface area (Å²) in [5.41, 5.74) is 6.97. The number of benzene rings is 1. The summed E-state index contributed by atoms with van der Waals surface area (Å²) >= 11 is 0. The van der Waals surface area contributed by atoms with E-state index in [1.165, 1.54) is 0 Å². The molecule has 0 aliphatic carbocycles. The molecule has 0 aliphatic rings. The zero-order chi connectivity index (χ0) is 11.5. The molecule has 2 rings (SSSR count). The minimum Gasteiger partial charge on any atom is -0.390 e. The summed E-state index contributed by atoms with van der Waals surface area (Å²) in [6.07, 6.45) is 1.31. The third kappa shape index (κ3) is 1.78. The minimum atomic E-state index is -0.554. The van der Waals surface area contributed by atoms with Crippen molar-refractivity contribution < 1.29 is 5.11 Å². The van der Waals surface area contributed by atoms with Gasteiger partial charge in [0.15, 0.2) is 0 Å². The molecule has 0 aliphatic heterocycles. The number of hydrogen-bond acceptors (Lipinski definition) is 3. The van der Waals surface area contributed by atoms with Gasteiger partial charge in [-0.1, -0.05) is 6.07 Å². The minimum absolute atomic E-state index is 0.234. The predicted octanol–water partition coefficient (Wildman–Crippen LogP) is 0.833. The maximum absolute atomic E-state index is 9.50. The van der Waals surface area contributed by atoms with Crippen molar-refractivity contribution in [1.82, 2.24) is 4.57 Å². The largest absolute Gasteiger partial charge is 0.390 e. The van der Waals surface area contributed by atoms with Gasteiger partial charge >= 0.3 is 0 Å². The number of nitrogens with zero attached hydrogens (tertiary/aromatic N) is 2. The fourth-order valence-electron chi connectivity index (χ4n) is 1.78. The summed E-state index contributed by atoms with van der Waals surface area (Å²) in [7, 11) is 0. The van der Waals surface area contributed by atoms with Crippen LogP contribution >= 0.6 is 0 Å².